The molecule has 0 atom stereocenters. The Balaban J connectivity index is 1.66. The van der Waals surface area contributed by atoms with E-state index in [4.69, 9.17) is 4.42 Å². The maximum Gasteiger partial charge on any atom is 0.349 e. The molecule has 144 valence electrons. The van der Waals surface area contributed by atoms with Crippen LogP contribution in [-0.4, -0.2) is 11.0 Å². The first-order chi connectivity index (χ1) is 13.9. The first-order valence-corrected chi connectivity index (χ1v) is 8.54. The van der Waals surface area contributed by atoms with Crippen molar-refractivity contribution >= 4 is 22.6 Å². The number of nitrogens with one attached hydrogen (secondary N) is 1. The zero-order valence-electron chi connectivity index (χ0n) is 14.8. The molecule has 0 fully saturated rings. The molecule has 1 heterocycles. The summed E-state index contributed by atoms with van der Waals surface area (Å²) < 4.78 is 32.0. The lowest BCUT2D eigenvalue weighted by Crippen LogP contribution is -2.20. The number of phenols is 1. The van der Waals surface area contributed by atoms with E-state index in [1.54, 1.807) is 30.3 Å². The molecule has 4 aromatic rings. The molecular formula is C22H13F2NO4. The summed E-state index contributed by atoms with van der Waals surface area (Å²) >= 11 is 0. The van der Waals surface area contributed by atoms with Crippen LogP contribution >= 0.6 is 0 Å². The number of aromatic hydroxyl groups is 1. The smallest absolute Gasteiger partial charge is 0.349 e. The standard InChI is InChI=1S/C22H13F2NO4/c23-15-7-14(8-16(24)11-15)12-3-1-5-17(9-12)25-21(27)18-10-13-4-2-6-19(26)20(13)29-22(18)28/h1-11,26H,(H,25,27). The molecule has 0 spiro atoms. The van der Waals surface area contributed by atoms with Crippen molar-refractivity contribution in [3.8, 4) is 16.9 Å². The molecule has 0 aliphatic rings. The molecule has 0 aliphatic carbocycles. The van der Waals surface area contributed by atoms with Gasteiger partial charge in [-0.25, -0.2) is 13.6 Å². The van der Waals surface area contributed by atoms with Gasteiger partial charge in [0.2, 0.25) is 0 Å². The Kier molecular flexibility index (Phi) is 4.56. The fourth-order valence-corrected chi connectivity index (χ4v) is 2.98. The van der Waals surface area contributed by atoms with Crippen molar-refractivity contribution in [2.24, 2.45) is 0 Å². The first-order valence-electron chi connectivity index (χ1n) is 8.54. The summed E-state index contributed by atoms with van der Waals surface area (Å²) in [6.45, 7) is 0. The summed E-state index contributed by atoms with van der Waals surface area (Å²) in [6, 6.07) is 15.3. The van der Waals surface area contributed by atoms with Crippen molar-refractivity contribution in [3.05, 3.63) is 94.3 Å². The maximum absolute atomic E-state index is 13.5. The average Bonchev–Trinajstić information content (AvgIpc) is 2.68. The Labute approximate surface area is 162 Å². The highest BCUT2D eigenvalue weighted by Gasteiger charge is 2.16. The van der Waals surface area contributed by atoms with E-state index in [1.165, 1.54) is 30.3 Å². The highest BCUT2D eigenvalue weighted by Crippen LogP contribution is 2.26. The van der Waals surface area contributed by atoms with E-state index in [1.807, 2.05) is 0 Å². The fourth-order valence-electron chi connectivity index (χ4n) is 2.98. The van der Waals surface area contributed by atoms with Crippen LogP contribution in [0.1, 0.15) is 10.4 Å². The van der Waals surface area contributed by atoms with Gasteiger partial charge >= 0.3 is 5.63 Å². The number of rotatable bonds is 3. The normalized spacial score (nSPS) is 10.8. The van der Waals surface area contributed by atoms with E-state index in [0.717, 1.165) is 6.07 Å². The molecule has 0 unspecified atom stereocenters. The van der Waals surface area contributed by atoms with E-state index < -0.39 is 23.2 Å². The maximum atomic E-state index is 13.5. The van der Waals surface area contributed by atoms with Gasteiger partial charge in [-0.1, -0.05) is 24.3 Å². The second-order valence-electron chi connectivity index (χ2n) is 6.34. The fraction of sp³-hybridized carbons (Fsp3) is 0. The van der Waals surface area contributed by atoms with Crippen LogP contribution in [-0.2, 0) is 0 Å². The van der Waals surface area contributed by atoms with Gasteiger partial charge in [-0.05, 0) is 47.5 Å². The largest absolute Gasteiger partial charge is 0.504 e. The number of hydrogen-bond donors (Lipinski definition) is 2. The molecule has 0 saturated heterocycles. The molecule has 5 nitrogen and oxygen atoms in total. The highest BCUT2D eigenvalue weighted by atomic mass is 19.1. The Morgan fingerprint density at radius 3 is 2.38 bits per heavy atom. The summed E-state index contributed by atoms with van der Waals surface area (Å²) in [5, 5.41) is 12.7. The third kappa shape index (κ3) is 3.70. The molecule has 0 aliphatic heterocycles. The van der Waals surface area contributed by atoms with Gasteiger partial charge in [0.25, 0.3) is 5.91 Å². The number of amides is 1. The number of benzene rings is 3. The molecule has 3 aromatic carbocycles. The summed E-state index contributed by atoms with van der Waals surface area (Å²) in [4.78, 5) is 24.7. The van der Waals surface area contributed by atoms with E-state index >= 15 is 0 Å². The van der Waals surface area contributed by atoms with Crippen LogP contribution in [0.4, 0.5) is 14.5 Å². The first kappa shape index (κ1) is 18.4. The predicted molar refractivity (Wildman–Crippen MR) is 104 cm³/mol. The third-order valence-corrected chi connectivity index (χ3v) is 4.30. The predicted octanol–water partition coefficient (Wildman–Crippen LogP) is 4.70. The van der Waals surface area contributed by atoms with Gasteiger partial charge in [0.1, 0.15) is 17.2 Å². The van der Waals surface area contributed by atoms with Gasteiger partial charge in [-0.2, -0.15) is 0 Å². The van der Waals surface area contributed by atoms with Crippen LogP contribution in [0.3, 0.4) is 0 Å². The van der Waals surface area contributed by atoms with Crippen LogP contribution in [0.25, 0.3) is 22.1 Å². The number of halogens is 2. The van der Waals surface area contributed by atoms with Crippen LogP contribution < -0.4 is 10.9 Å². The highest BCUT2D eigenvalue weighted by molar-refractivity contribution is 6.05. The van der Waals surface area contributed by atoms with Gasteiger partial charge in [0, 0.05) is 17.1 Å². The van der Waals surface area contributed by atoms with Gasteiger partial charge in [-0.3, -0.25) is 4.79 Å². The lowest BCUT2D eigenvalue weighted by Gasteiger charge is -2.08. The summed E-state index contributed by atoms with van der Waals surface area (Å²) in [6.07, 6.45) is 0. The summed E-state index contributed by atoms with van der Waals surface area (Å²) in [5.74, 6) is -2.36. The molecule has 1 aromatic heterocycles. The lowest BCUT2D eigenvalue weighted by molar-refractivity contribution is 0.102. The average molecular weight is 393 g/mol. The monoisotopic (exact) mass is 393 g/mol. The van der Waals surface area contributed by atoms with E-state index in [0.29, 0.717) is 22.2 Å². The number of para-hydroxylation sites is 1. The van der Waals surface area contributed by atoms with Crippen molar-refractivity contribution in [2.75, 3.05) is 5.32 Å². The van der Waals surface area contributed by atoms with E-state index in [2.05, 4.69) is 5.32 Å². The number of carbonyl (C=O) groups is 1. The Hall–Kier alpha value is -4.00. The lowest BCUT2D eigenvalue weighted by atomic mass is 10.0. The molecule has 0 radical (unpaired) electrons. The molecule has 1 amide bonds. The Morgan fingerprint density at radius 1 is 0.897 bits per heavy atom. The van der Waals surface area contributed by atoms with Crippen molar-refractivity contribution in [2.45, 2.75) is 0 Å². The minimum atomic E-state index is -0.903. The van der Waals surface area contributed by atoms with Crippen LogP contribution in [0, 0.1) is 11.6 Å². The molecule has 4 rings (SSSR count). The minimum Gasteiger partial charge on any atom is -0.504 e. The van der Waals surface area contributed by atoms with Crippen LogP contribution in [0.5, 0.6) is 5.75 Å². The molecule has 0 bridgehead atoms. The molecule has 2 N–H and O–H groups in total. The topological polar surface area (TPSA) is 79.5 Å². The van der Waals surface area contributed by atoms with Crippen LogP contribution in [0.15, 0.2) is 75.9 Å². The Bertz CT molecular complexity index is 1290. The van der Waals surface area contributed by atoms with Gasteiger partial charge in [-0.15, -0.1) is 0 Å². The van der Waals surface area contributed by atoms with Gasteiger partial charge in [0.05, 0.1) is 0 Å². The van der Waals surface area contributed by atoms with Crippen molar-refractivity contribution in [1.29, 1.82) is 0 Å². The number of carbonyl (C=O) groups excluding carboxylic acids is 1. The molecular weight excluding hydrogens is 380 g/mol. The number of hydrogen-bond acceptors (Lipinski definition) is 4. The number of fused-ring (bicyclic) bond motifs is 1. The zero-order chi connectivity index (χ0) is 20.5. The molecule has 0 saturated carbocycles. The summed E-state index contributed by atoms with van der Waals surface area (Å²) in [5.41, 5.74) is -0.0436. The number of anilines is 1. The van der Waals surface area contributed by atoms with Crippen molar-refractivity contribution in [3.63, 3.8) is 0 Å². The number of phenolic OH excluding ortho intramolecular Hbond substituents is 1. The Morgan fingerprint density at radius 2 is 1.62 bits per heavy atom. The zero-order valence-corrected chi connectivity index (χ0v) is 14.8. The second kappa shape index (κ2) is 7.20. The van der Waals surface area contributed by atoms with Gasteiger partial charge < -0.3 is 14.8 Å². The third-order valence-electron chi connectivity index (χ3n) is 4.30. The minimum absolute atomic E-state index is 0.0100. The van der Waals surface area contributed by atoms with Crippen LogP contribution in [0.2, 0.25) is 0 Å². The quantitative estimate of drug-likeness (QED) is 0.495. The van der Waals surface area contributed by atoms with E-state index in [9.17, 15) is 23.5 Å². The molecule has 7 heteroatoms. The van der Waals surface area contributed by atoms with Crippen molar-refractivity contribution < 1.29 is 23.1 Å². The van der Waals surface area contributed by atoms with E-state index in [-0.39, 0.29) is 16.9 Å². The summed E-state index contributed by atoms with van der Waals surface area (Å²) in [7, 11) is 0. The molecule has 29 heavy (non-hydrogen) atoms. The van der Waals surface area contributed by atoms with Crippen molar-refractivity contribution in [1.82, 2.24) is 0 Å². The SMILES string of the molecule is O=C(Nc1cccc(-c2cc(F)cc(F)c2)c1)c1cc2cccc(O)c2oc1=O. The second-order valence-corrected chi connectivity index (χ2v) is 6.34. The van der Waals surface area contributed by atoms with Gasteiger partial charge in [0.15, 0.2) is 11.3 Å².